The minimum atomic E-state index is 0. The van der Waals surface area contributed by atoms with Crippen LogP contribution in [0.15, 0.2) is 58.1 Å². The summed E-state index contributed by atoms with van der Waals surface area (Å²) in [6.07, 6.45) is 4.59. The SMILES string of the molecule is CCOCCCN=C(NCCc1ccco1)NC1CCN(c2ccccc2)C1.I. The highest BCUT2D eigenvalue weighted by atomic mass is 127. The van der Waals surface area contributed by atoms with E-state index in [1.54, 1.807) is 6.26 Å². The molecule has 1 saturated heterocycles. The van der Waals surface area contributed by atoms with E-state index >= 15 is 0 Å². The molecule has 1 aliphatic heterocycles. The van der Waals surface area contributed by atoms with Gasteiger partial charge in [-0.25, -0.2) is 0 Å². The van der Waals surface area contributed by atoms with E-state index in [1.807, 2.05) is 19.1 Å². The highest BCUT2D eigenvalue weighted by Crippen LogP contribution is 2.19. The zero-order chi connectivity index (χ0) is 19.4. The maximum atomic E-state index is 5.41. The molecule has 1 aromatic carbocycles. The van der Waals surface area contributed by atoms with Crippen molar-refractivity contribution in [2.75, 3.05) is 44.3 Å². The Bertz CT molecular complexity index is 694. The van der Waals surface area contributed by atoms with Crippen molar-refractivity contribution in [3.63, 3.8) is 0 Å². The van der Waals surface area contributed by atoms with Crippen LogP contribution >= 0.6 is 24.0 Å². The number of halogens is 1. The molecule has 29 heavy (non-hydrogen) atoms. The van der Waals surface area contributed by atoms with Crippen molar-refractivity contribution in [2.24, 2.45) is 4.99 Å². The third kappa shape index (κ3) is 8.26. The maximum absolute atomic E-state index is 5.41. The van der Waals surface area contributed by atoms with Crippen LogP contribution in [0.25, 0.3) is 0 Å². The van der Waals surface area contributed by atoms with Crippen molar-refractivity contribution in [1.29, 1.82) is 0 Å². The first-order chi connectivity index (χ1) is 13.8. The van der Waals surface area contributed by atoms with Crippen LogP contribution in [0.5, 0.6) is 0 Å². The van der Waals surface area contributed by atoms with Crippen LogP contribution in [-0.4, -0.2) is 51.4 Å². The van der Waals surface area contributed by atoms with Gasteiger partial charge < -0.3 is 24.7 Å². The number of furan rings is 1. The van der Waals surface area contributed by atoms with E-state index in [1.165, 1.54) is 5.69 Å². The van der Waals surface area contributed by atoms with E-state index in [0.717, 1.165) is 70.4 Å². The Labute approximate surface area is 191 Å². The molecule has 0 saturated carbocycles. The van der Waals surface area contributed by atoms with Crippen LogP contribution in [0.2, 0.25) is 0 Å². The van der Waals surface area contributed by atoms with Gasteiger partial charge >= 0.3 is 0 Å². The molecule has 0 amide bonds. The standard InChI is InChI=1S/C22H32N4O2.HI/c1-2-27-16-7-13-23-22(24-14-11-21-10-6-17-28-21)25-19-12-15-26(18-19)20-8-4-3-5-9-20;/h3-6,8-10,17,19H,2,7,11-16,18H2,1H3,(H2,23,24,25);1H. The predicted molar refractivity (Wildman–Crippen MR) is 129 cm³/mol. The number of hydrogen-bond donors (Lipinski definition) is 2. The number of nitrogens with zero attached hydrogens (tertiary/aromatic N) is 2. The molecule has 3 rings (SSSR count). The normalized spacial score (nSPS) is 16.5. The minimum Gasteiger partial charge on any atom is -0.469 e. The first kappa shape index (κ1) is 23.5. The summed E-state index contributed by atoms with van der Waals surface area (Å²) >= 11 is 0. The number of nitrogens with one attached hydrogen (secondary N) is 2. The molecule has 0 bridgehead atoms. The lowest BCUT2D eigenvalue weighted by Crippen LogP contribution is -2.45. The third-order valence-electron chi connectivity index (χ3n) is 4.82. The number of benzene rings is 1. The van der Waals surface area contributed by atoms with Gasteiger partial charge in [0, 0.05) is 57.5 Å². The number of ether oxygens (including phenoxy) is 1. The molecule has 6 nitrogen and oxygen atoms in total. The minimum absolute atomic E-state index is 0. The second kappa shape index (κ2) is 13.5. The molecule has 0 aliphatic carbocycles. The second-order valence-corrected chi connectivity index (χ2v) is 6.95. The van der Waals surface area contributed by atoms with Gasteiger partial charge in [-0.05, 0) is 44.0 Å². The van der Waals surface area contributed by atoms with E-state index in [9.17, 15) is 0 Å². The van der Waals surface area contributed by atoms with Gasteiger partial charge in [0.2, 0.25) is 0 Å². The highest BCUT2D eigenvalue weighted by Gasteiger charge is 2.23. The fourth-order valence-corrected chi connectivity index (χ4v) is 3.36. The lowest BCUT2D eigenvalue weighted by molar-refractivity contribution is 0.146. The van der Waals surface area contributed by atoms with Gasteiger partial charge in [-0.2, -0.15) is 0 Å². The Morgan fingerprint density at radius 3 is 2.86 bits per heavy atom. The zero-order valence-corrected chi connectivity index (χ0v) is 19.5. The number of hydrogen-bond acceptors (Lipinski definition) is 4. The average molecular weight is 512 g/mol. The molecule has 7 heteroatoms. The Morgan fingerprint density at radius 2 is 2.10 bits per heavy atom. The molecular weight excluding hydrogens is 479 g/mol. The Morgan fingerprint density at radius 1 is 1.24 bits per heavy atom. The molecule has 0 spiro atoms. The van der Waals surface area contributed by atoms with E-state index < -0.39 is 0 Å². The summed E-state index contributed by atoms with van der Waals surface area (Å²) < 4.78 is 10.8. The highest BCUT2D eigenvalue weighted by molar-refractivity contribution is 14.0. The Kier molecular flexibility index (Phi) is 10.9. The lowest BCUT2D eigenvalue weighted by Gasteiger charge is -2.20. The number of aliphatic imine (C=N–C) groups is 1. The van der Waals surface area contributed by atoms with Gasteiger partial charge in [0.1, 0.15) is 5.76 Å². The van der Waals surface area contributed by atoms with Gasteiger partial charge in [-0.3, -0.25) is 4.99 Å². The van der Waals surface area contributed by atoms with Crippen LogP contribution in [0, 0.1) is 0 Å². The number of rotatable bonds is 10. The molecule has 0 radical (unpaired) electrons. The summed E-state index contributed by atoms with van der Waals surface area (Å²) in [5.41, 5.74) is 1.28. The fourth-order valence-electron chi connectivity index (χ4n) is 3.36. The van der Waals surface area contributed by atoms with Crippen molar-refractivity contribution in [3.8, 4) is 0 Å². The third-order valence-corrected chi connectivity index (χ3v) is 4.82. The van der Waals surface area contributed by atoms with E-state index in [0.29, 0.717) is 6.04 Å². The average Bonchev–Trinajstić information content (AvgIpc) is 3.40. The summed E-state index contributed by atoms with van der Waals surface area (Å²) in [5.74, 6) is 1.86. The van der Waals surface area contributed by atoms with Crippen LogP contribution in [0.4, 0.5) is 5.69 Å². The van der Waals surface area contributed by atoms with Crippen LogP contribution < -0.4 is 15.5 Å². The Balaban J connectivity index is 0.00000300. The summed E-state index contributed by atoms with van der Waals surface area (Å²) in [6.45, 7) is 7.13. The first-order valence-corrected chi connectivity index (χ1v) is 10.3. The molecule has 1 unspecified atom stereocenters. The smallest absolute Gasteiger partial charge is 0.191 e. The lowest BCUT2D eigenvalue weighted by atomic mass is 10.2. The molecule has 2 N–H and O–H groups in total. The van der Waals surface area contributed by atoms with Crippen LogP contribution in [0.1, 0.15) is 25.5 Å². The van der Waals surface area contributed by atoms with Crippen LogP contribution in [-0.2, 0) is 11.2 Å². The molecule has 160 valence electrons. The summed E-state index contributed by atoms with van der Waals surface area (Å²) in [6, 6.07) is 14.9. The van der Waals surface area contributed by atoms with Gasteiger partial charge in [-0.1, -0.05) is 18.2 Å². The predicted octanol–water partition coefficient (Wildman–Crippen LogP) is 3.68. The van der Waals surface area contributed by atoms with Crippen molar-refractivity contribution >= 4 is 35.6 Å². The molecule has 1 aromatic heterocycles. The number of anilines is 1. The number of para-hydroxylation sites is 1. The summed E-state index contributed by atoms with van der Waals surface area (Å²) in [4.78, 5) is 7.16. The van der Waals surface area contributed by atoms with Crippen LogP contribution in [0.3, 0.4) is 0 Å². The van der Waals surface area contributed by atoms with Gasteiger partial charge in [0.05, 0.1) is 6.26 Å². The molecular formula is C22H33IN4O2. The van der Waals surface area contributed by atoms with Gasteiger partial charge in [0.15, 0.2) is 5.96 Å². The quantitative estimate of drug-likeness (QED) is 0.220. The van der Waals surface area contributed by atoms with Crippen molar-refractivity contribution in [3.05, 3.63) is 54.5 Å². The summed E-state index contributed by atoms with van der Waals surface area (Å²) in [7, 11) is 0. The molecule has 2 heterocycles. The van der Waals surface area contributed by atoms with Crippen molar-refractivity contribution < 1.29 is 9.15 Å². The molecule has 1 aliphatic rings. The zero-order valence-electron chi connectivity index (χ0n) is 17.2. The second-order valence-electron chi connectivity index (χ2n) is 6.95. The summed E-state index contributed by atoms with van der Waals surface area (Å²) in [5, 5.41) is 7.06. The first-order valence-electron chi connectivity index (χ1n) is 10.3. The van der Waals surface area contributed by atoms with Crippen molar-refractivity contribution in [1.82, 2.24) is 10.6 Å². The van der Waals surface area contributed by atoms with E-state index in [-0.39, 0.29) is 24.0 Å². The molecule has 2 aromatic rings. The van der Waals surface area contributed by atoms with Gasteiger partial charge in [0.25, 0.3) is 0 Å². The number of guanidine groups is 1. The molecule has 1 fully saturated rings. The van der Waals surface area contributed by atoms with E-state index in [2.05, 4.69) is 45.9 Å². The van der Waals surface area contributed by atoms with Crippen molar-refractivity contribution in [2.45, 2.75) is 32.2 Å². The molecule has 1 atom stereocenters. The van der Waals surface area contributed by atoms with E-state index in [4.69, 9.17) is 14.1 Å². The monoisotopic (exact) mass is 512 g/mol. The van der Waals surface area contributed by atoms with Gasteiger partial charge in [-0.15, -0.1) is 24.0 Å². The fraction of sp³-hybridized carbons (Fsp3) is 0.500. The topological polar surface area (TPSA) is 62.0 Å². The largest absolute Gasteiger partial charge is 0.469 e. The Hall–Kier alpha value is -1.74. The maximum Gasteiger partial charge on any atom is 0.191 e.